The summed E-state index contributed by atoms with van der Waals surface area (Å²) in [6.45, 7) is 0.514. The van der Waals surface area contributed by atoms with Gasteiger partial charge in [0.1, 0.15) is 0 Å². The Hall–Kier alpha value is -2.70. The first kappa shape index (κ1) is 17.1. The Kier molecular flexibility index (Phi) is 4.32. The van der Waals surface area contributed by atoms with Gasteiger partial charge in [-0.1, -0.05) is 18.2 Å². The number of ketones is 1. The predicted octanol–water partition coefficient (Wildman–Crippen LogP) is 2.95. The van der Waals surface area contributed by atoms with Gasteiger partial charge in [-0.25, -0.2) is 0 Å². The van der Waals surface area contributed by atoms with Gasteiger partial charge in [0.2, 0.25) is 5.78 Å². The van der Waals surface area contributed by atoms with E-state index in [4.69, 9.17) is 4.74 Å². The lowest BCUT2D eigenvalue weighted by Gasteiger charge is -2.23. The maximum absolute atomic E-state index is 13.0. The number of rotatable bonds is 3. The molecule has 1 aromatic carbocycles. The molecular weight excluding hydrogens is 333 g/mol. The van der Waals surface area contributed by atoms with Crippen molar-refractivity contribution in [2.24, 2.45) is 0 Å². The van der Waals surface area contributed by atoms with Crippen molar-refractivity contribution in [3.05, 3.63) is 65.2 Å². The Balaban J connectivity index is 1.97. The molecule has 0 spiro atoms. The summed E-state index contributed by atoms with van der Waals surface area (Å²) in [6, 6.07) is 4.71. The molecule has 4 nitrogen and oxygen atoms in total. The van der Waals surface area contributed by atoms with Crippen LogP contribution in [-0.4, -0.2) is 37.4 Å². The number of carbonyl (C=O) groups excluding carboxylic acids is 1. The average Bonchev–Trinajstić information content (AvgIpc) is 2.91. The summed E-state index contributed by atoms with van der Waals surface area (Å²) in [5, 5.41) is 2.78. The molecule has 3 rings (SSSR count). The second-order valence-corrected chi connectivity index (χ2v) is 5.89. The Morgan fingerprint density at radius 3 is 2.72 bits per heavy atom. The van der Waals surface area contributed by atoms with Crippen LogP contribution in [0.3, 0.4) is 0 Å². The summed E-state index contributed by atoms with van der Waals surface area (Å²) in [5.41, 5.74) is 0.275. The molecule has 0 aliphatic carbocycles. The molecule has 0 amide bonds. The minimum atomic E-state index is -4.47. The number of likely N-dealkylation sites (N-methyl/N-ethyl adjacent to an activating group) is 1. The van der Waals surface area contributed by atoms with Gasteiger partial charge in [-0.05, 0) is 35.5 Å². The smallest absolute Gasteiger partial charge is 0.416 e. The van der Waals surface area contributed by atoms with Gasteiger partial charge in [0.25, 0.3) is 0 Å². The average molecular weight is 350 g/mol. The first-order valence-corrected chi connectivity index (χ1v) is 7.69. The van der Waals surface area contributed by atoms with E-state index in [9.17, 15) is 18.0 Å². The fourth-order valence-corrected chi connectivity index (χ4v) is 2.90. The minimum absolute atomic E-state index is 0.136. The quantitative estimate of drug-likeness (QED) is 0.910. The lowest BCUT2D eigenvalue weighted by atomic mass is 9.95. The number of carbonyl (C=O) groups is 1. The largest absolute Gasteiger partial charge is 0.462 e. The zero-order chi connectivity index (χ0) is 18.2. The van der Waals surface area contributed by atoms with Crippen molar-refractivity contribution in [2.75, 3.05) is 20.6 Å². The van der Waals surface area contributed by atoms with Crippen LogP contribution in [0, 0.1) is 0 Å². The van der Waals surface area contributed by atoms with Gasteiger partial charge in [-0.2, -0.15) is 13.2 Å². The van der Waals surface area contributed by atoms with E-state index in [1.54, 1.807) is 19.2 Å². The second-order valence-electron chi connectivity index (χ2n) is 5.89. The summed E-state index contributed by atoms with van der Waals surface area (Å²) in [4.78, 5) is 14.8. The van der Waals surface area contributed by atoms with E-state index >= 15 is 0 Å². The third-order valence-corrected chi connectivity index (χ3v) is 4.07. The van der Waals surface area contributed by atoms with E-state index < -0.39 is 17.8 Å². The van der Waals surface area contributed by atoms with Crippen molar-refractivity contribution in [2.45, 2.75) is 12.3 Å². The van der Waals surface area contributed by atoms with E-state index in [1.165, 1.54) is 12.1 Å². The standard InChI is InChI=1S/C18H17F3N2O2/c1-22-17-14(11-5-3-7-13(9-11)18(19,20)21)15(24)16(25-17)12-6-4-8-23(2)10-12/h3-9,16,22H,10H2,1-2H3. The third-order valence-electron chi connectivity index (χ3n) is 4.07. The molecule has 7 heteroatoms. The van der Waals surface area contributed by atoms with E-state index in [1.807, 2.05) is 18.1 Å². The lowest BCUT2D eigenvalue weighted by Crippen LogP contribution is -2.29. The lowest BCUT2D eigenvalue weighted by molar-refractivity contribution is -0.137. The number of hydrogen-bond donors (Lipinski definition) is 1. The fourth-order valence-electron chi connectivity index (χ4n) is 2.90. The van der Waals surface area contributed by atoms with E-state index in [2.05, 4.69) is 5.32 Å². The Bertz CT molecular complexity index is 794. The summed E-state index contributed by atoms with van der Waals surface area (Å²) in [5.74, 6) is -0.161. The Labute approximate surface area is 143 Å². The van der Waals surface area contributed by atoms with Crippen LogP contribution >= 0.6 is 0 Å². The van der Waals surface area contributed by atoms with E-state index in [-0.39, 0.29) is 22.8 Å². The number of nitrogens with one attached hydrogen (secondary N) is 1. The maximum Gasteiger partial charge on any atom is 0.416 e. The molecule has 132 valence electrons. The normalized spacial score (nSPS) is 20.7. The van der Waals surface area contributed by atoms with Crippen LogP contribution in [0.15, 0.2) is 54.1 Å². The molecule has 2 heterocycles. The topological polar surface area (TPSA) is 41.6 Å². The van der Waals surface area contributed by atoms with Gasteiger partial charge >= 0.3 is 6.18 Å². The van der Waals surface area contributed by atoms with Crippen molar-refractivity contribution >= 4 is 11.4 Å². The van der Waals surface area contributed by atoms with Crippen LogP contribution in [0.4, 0.5) is 13.2 Å². The van der Waals surface area contributed by atoms with Gasteiger partial charge in [-0.15, -0.1) is 0 Å². The van der Waals surface area contributed by atoms with Gasteiger partial charge < -0.3 is 15.0 Å². The molecule has 2 aliphatic heterocycles. The third kappa shape index (κ3) is 3.26. The van der Waals surface area contributed by atoms with Crippen LogP contribution in [0.25, 0.3) is 5.57 Å². The fraction of sp³-hybridized carbons (Fsp3) is 0.278. The molecule has 0 saturated heterocycles. The summed E-state index contributed by atoms with van der Waals surface area (Å²) < 4.78 is 44.6. The molecule has 1 atom stereocenters. The van der Waals surface area contributed by atoms with Gasteiger partial charge in [-0.3, -0.25) is 4.79 Å². The molecule has 0 aromatic heterocycles. The molecule has 25 heavy (non-hydrogen) atoms. The second kappa shape index (κ2) is 6.31. The Morgan fingerprint density at radius 1 is 1.32 bits per heavy atom. The highest BCUT2D eigenvalue weighted by atomic mass is 19.4. The van der Waals surface area contributed by atoms with Crippen LogP contribution in [0.5, 0.6) is 0 Å². The zero-order valence-electron chi connectivity index (χ0n) is 13.7. The minimum Gasteiger partial charge on any atom is -0.462 e. The summed E-state index contributed by atoms with van der Waals surface area (Å²) in [6.07, 6.45) is 0.155. The molecule has 1 N–H and O–H groups in total. The predicted molar refractivity (Wildman–Crippen MR) is 87.2 cm³/mol. The number of alkyl halides is 3. The van der Waals surface area contributed by atoms with Crippen LogP contribution in [-0.2, 0) is 15.7 Å². The molecule has 0 saturated carbocycles. The number of Topliss-reactive ketones (excluding diaryl/α,β-unsaturated/α-hetero) is 1. The van der Waals surface area contributed by atoms with Crippen molar-refractivity contribution < 1.29 is 22.7 Å². The number of nitrogens with zero attached hydrogens (tertiary/aromatic N) is 1. The van der Waals surface area contributed by atoms with Crippen molar-refractivity contribution in [3.8, 4) is 0 Å². The highest BCUT2D eigenvalue weighted by molar-refractivity contribution is 6.26. The first-order valence-electron chi connectivity index (χ1n) is 7.69. The van der Waals surface area contributed by atoms with Crippen LogP contribution in [0.1, 0.15) is 11.1 Å². The molecule has 1 aromatic rings. The van der Waals surface area contributed by atoms with E-state index in [0.29, 0.717) is 6.54 Å². The Morgan fingerprint density at radius 2 is 2.08 bits per heavy atom. The molecular formula is C18H17F3N2O2. The summed E-state index contributed by atoms with van der Waals surface area (Å²) >= 11 is 0. The van der Waals surface area contributed by atoms with Crippen molar-refractivity contribution in [3.63, 3.8) is 0 Å². The van der Waals surface area contributed by atoms with Crippen molar-refractivity contribution in [1.29, 1.82) is 0 Å². The monoisotopic (exact) mass is 350 g/mol. The van der Waals surface area contributed by atoms with Crippen LogP contribution in [0.2, 0.25) is 0 Å². The zero-order valence-corrected chi connectivity index (χ0v) is 13.7. The molecule has 2 aliphatic rings. The summed E-state index contributed by atoms with van der Waals surface area (Å²) in [7, 11) is 3.43. The van der Waals surface area contributed by atoms with Gasteiger partial charge in [0, 0.05) is 20.6 Å². The maximum atomic E-state index is 13.0. The van der Waals surface area contributed by atoms with E-state index in [0.717, 1.165) is 17.7 Å². The highest BCUT2D eigenvalue weighted by Crippen LogP contribution is 2.36. The van der Waals surface area contributed by atoms with Gasteiger partial charge in [0.05, 0.1) is 11.1 Å². The molecule has 0 fully saturated rings. The van der Waals surface area contributed by atoms with Crippen molar-refractivity contribution in [1.82, 2.24) is 10.2 Å². The molecule has 0 radical (unpaired) electrons. The van der Waals surface area contributed by atoms with Gasteiger partial charge in [0.15, 0.2) is 12.0 Å². The number of halogens is 3. The number of allylic oxidation sites excluding steroid dienone is 2. The molecule has 1 unspecified atom stereocenters. The highest BCUT2D eigenvalue weighted by Gasteiger charge is 2.39. The number of hydrogen-bond acceptors (Lipinski definition) is 4. The molecule has 0 bridgehead atoms. The SMILES string of the molecule is CNC1=C(c2cccc(C(F)(F)F)c2)C(=O)C(C2=CC=CN(C)C2)O1. The van der Waals surface area contributed by atoms with Crippen LogP contribution < -0.4 is 5.32 Å². The number of ether oxygens (including phenoxy) is 1. The first-order chi connectivity index (χ1) is 11.8. The number of benzene rings is 1.